The molecule has 0 aliphatic rings. The van der Waals surface area contributed by atoms with E-state index in [1.807, 2.05) is 53.1 Å². The maximum Gasteiger partial charge on any atom is 0.0683 e. The zero-order valence-corrected chi connectivity index (χ0v) is 16.5. The second-order valence-electron chi connectivity index (χ2n) is 6.84. The molecule has 0 radical (unpaired) electrons. The number of halogens is 1. The van der Waals surface area contributed by atoms with Gasteiger partial charge in [0.25, 0.3) is 0 Å². The van der Waals surface area contributed by atoms with Crippen LogP contribution in [0, 0.1) is 13.7 Å². The Morgan fingerprint density at radius 2 is 1.50 bits per heavy atom. The van der Waals surface area contributed by atoms with Gasteiger partial charge in [0.2, 0.25) is 0 Å². The van der Waals surface area contributed by atoms with Crippen LogP contribution in [0.5, 0.6) is 0 Å². The van der Waals surface area contributed by atoms with Crippen molar-refractivity contribution in [1.29, 1.82) is 0 Å². The van der Waals surface area contributed by atoms with Crippen molar-refractivity contribution in [2.45, 2.75) is 13.7 Å². The number of fused-ring (bicyclic) bond motifs is 3. The molecule has 0 unspecified atom stereocenters. The van der Waals surface area contributed by atoms with Gasteiger partial charge in [0.1, 0.15) is 0 Å². The zero-order chi connectivity index (χ0) is 24.3. The molecule has 0 fully saturated rings. The van der Waals surface area contributed by atoms with Gasteiger partial charge in [-0.05, 0) is 82.7 Å². The van der Waals surface area contributed by atoms with E-state index in [1.54, 1.807) is 30.3 Å². The van der Waals surface area contributed by atoms with Crippen LogP contribution in [0.1, 0.15) is 19.4 Å². The Hall–Kier alpha value is -2.84. The molecule has 0 aliphatic carbocycles. The lowest BCUT2D eigenvalue weighted by atomic mass is 10.1. The van der Waals surface area contributed by atoms with Crippen molar-refractivity contribution in [3.05, 3.63) is 101 Å². The molecule has 0 bridgehead atoms. The van der Waals surface area contributed by atoms with Gasteiger partial charge in [0, 0.05) is 29.2 Å². The van der Waals surface area contributed by atoms with E-state index in [9.17, 15) is 0 Å². The molecule has 136 valence electrons. The second-order valence-corrected chi connectivity index (χ2v) is 7.69. The molecule has 4 aromatic carbocycles. The summed E-state index contributed by atoms with van der Waals surface area (Å²) in [6.45, 7) is -4.56. The van der Waals surface area contributed by atoms with Gasteiger partial charge in [-0.2, -0.15) is 0 Å². The highest BCUT2D eigenvalue weighted by atomic mass is 79.9. The van der Waals surface area contributed by atoms with Crippen molar-refractivity contribution in [1.82, 2.24) is 4.57 Å². The molecule has 1 heterocycles. The first-order valence-corrected chi connectivity index (χ1v) is 9.78. The van der Waals surface area contributed by atoms with Gasteiger partial charge in [-0.25, -0.2) is 0 Å². The summed E-state index contributed by atoms with van der Waals surface area (Å²) in [5, 5.41) is 1.38. The Balaban J connectivity index is 1.86. The van der Waals surface area contributed by atoms with E-state index >= 15 is 0 Å². The third-order valence-corrected chi connectivity index (χ3v) is 5.63. The van der Waals surface area contributed by atoms with Gasteiger partial charge in [0.05, 0.1) is 11.0 Å². The van der Waals surface area contributed by atoms with Gasteiger partial charge < -0.3 is 4.57 Å². The van der Waals surface area contributed by atoms with Gasteiger partial charge >= 0.3 is 0 Å². The molecule has 0 aliphatic heterocycles. The Morgan fingerprint density at radius 1 is 0.714 bits per heavy atom. The largest absolute Gasteiger partial charge is 0.308 e. The van der Waals surface area contributed by atoms with E-state index in [1.165, 1.54) is 0 Å². The van der Waals surface area contributed by atoms with E-state index in [0.29, 0.717) is 15.2 Å². The van der Waals surface area contributed by atoms with Crippen molar-refractivity contribution in [2.75, 3.05) is 0 Å². The lowest BCUT2D eigenvalue weighted by Gasteiger charge is -2.11. The fourth-order valence-electron chi connectivity index (χ4n) is 3.82. The summed E-state index contributed by atoms with van der Waals surface area (Å²) in [5.41, 5.74) is 5.02. The average molecular weight is 432 g/mol. The van der Waals surface area contributed by atoms with Crippen molar-refractivity contribution in [3.63, 3.8) is 0 Å². The molecule has 0 amide bonds. The van der Waals surface area contributed by atoms with Gasteiger partial charge in [-0.15, -0.1) is 0 Å². The molecule has 0 spiro atoms. The molecule has 0 saturated heterocycles. The monoisotopic (exact) mass is 431 g/mol. The van der Waals surface area contributed by atoms with Crippen LogP contribution in [-0.4, -0.2) is 4.57 Å². The molecule has 28 heavy (non-hydrogen) atoms. The van der Waals surface area contributed by atoms with Gasteiger partial charge in [0.15, 0.2) is 0 Å². The van der Waals surface area contributed by atoms with Crippen molar-refractivity contribution in [2.24, 2.45) is 0 Å². The maximum absolute atomic E-state index is 7.90. The smallest absolute Gasteiger partial charge is 0.0683 e. The minimum absolute atomic E-state index is 0.197. The Morgan fingerprint density at radius 3 is 2.32 bits per heavy atom. The van der Waals surface area contributed by atoms with Crippen LogP contribution < -0.4 is 0 Å². The standard InChI is InChI=1S/C26H20BrN/c1-17-11-12-25-22(13-17)23-14-18(2)15-24(27)26(23)28(25)21-10-6-9-20(16-21)19-7-4-3-5-8-19/h3-16H,1-2H3/i1D3,2D3. The number of benzene rings is 4. The van der Waals surface area contributed by atoms with E-state index in [-0.39, 0.29) is 11.1 Å². The summed E-state index contributed by atoms with van der Waals surface area (Å²) in [6, 6.07) is 26.5. The average Bonchev–Trinajstić information content (AvgIpc) is 3.13. The fraction of sp³-hybridized carbons (Fsp3) is 0.0769. The predicted octanol–water partition coefficient (Wildman–Crippen LogP) is 7.83. The number of nitrogens with zero attached hydrogens (tertiary/aromatic N) is 1. The van der Waals surface area contributed by atoms with Gasteiger partial charge in [-0.3, -0.25) is 0 Å². The maximum atomic E-state index is 7.90. The predicted molar refractivity (Wildman–Crippen MR) is 123 cm³/mol. The topological polar surface area (TPSA) is 4.93 Å². The highest BCUT2D eigenvalue weighted by Gasteiger charge is 2.15. The fourth-order valence-corrected chi connectivity index (χ4v) is 4.46. The Labute approximate surface area is 181 Å². The molecular weight excluding hydrogens is 406 g/mol. The summed E-state index contributed by atoms with van der Waals surface area (Å²) in [6.07, 6.45) is 0. The number of aryl methyl sites for hydroxylation is 2. The van der Waals surface area contributed by atoms with E-state index in [0.717, 1.165) is 27.8 Å². The van der Waals surface area contributed by atoms with E-state index in [4.69, 9.17) is 8.22 Å². The molecule has 1 aromatic heterocycles. The van der Waals surface area contributed by atoms with Crippen LogP contribution in [0.15, 0.2) is 89.4 Å². The highest BCUT2D eigenvalue weighted by molar-refractivity contribution is 9.10. The van der Waals surface area contributed by atoms with Crippen molar-refractivity contribution in [3.8, 4) is 16.8 Å². The lowest BCUT2D eigenvalue weighted by molar-refractivity contribution is 1.17. The summed E-state index contributed by atoms with van der Waals surface area (Å²) in [7, 11) is 0. The van der Waals surface area contributed by atoms with Crippen LogP contribution in [0.2, 0.25) is 0 Å². The quantitative estimate of drug-likeness (QED) is 0.268. The SMILES string of the molecule is [2H]C([2H])([2H])c1ccc2c(c1)c1cc(C([2H])([2H])[2H])cc(Br)c1n2-c1cccc(-c2ccccc2)c1. The first kappa shape index (κ1) is 11.9. The summed E-state index contributed by atoms with van der Waals surface area (Å²) >= 11 is 3.61. The van der Waals surface area contributed by atoms with E-state index < -0.39 is 13.7 Å². The van der Waals surface area contributed by atoms with Crippen molar-refractivity contribution < 1.29 is 8.22 Å². The molecular formula is C26H20BrN. The number of hydrogen-bond acceptors (Lipinski definition) is 0. The molecule has 5 aromatic rings. The normalized spacial score (nSPS) is 15.5. The molecule has 0 saturated carbocycles. The Kier molecular flexibility index (Phi) is 2.82. The minimum atomic E-state index is -2.29. The molecule has 0 atom stereocenters. The van der Waals surface area contributed by atoms with Crippen LogP contribution >= 0.6 is 15.9 Å². The number of hydrogen-bond donors (Lipinski definition) is 0. The second kappa shape index (κ2) is 6.65. The number of aromatic nitrogens is 1. The third kappa shape index (κ3) is 2.76. The highest BCUT2D eigenvalue weighted by Crippen LogP contribution is 2.38. The molecule has 0 N–H and O–H groups in total. The van der Waals surface area contributed by atoms with Gasteiger partial charge in [-0.1, -0.05) is 54.1 Å². The van der Waals surface area contributed by atoms with Crippen molar-refractivity contribution >= 4 is 37.7 Å². The number of rotatable bonds is 2. The zero-order valence-electron chi connectivity index (χ0n) is 20.9. The summed E-state index contributed by atoms with van der Waals surface area (Å²) in [4.78, 5) is 0. The summed E-state index contributed by atoms with van der Waals surface area (Å²) in [5.74, 6) is 0. The molecule has 5 rings (SSSR count). The summed E-state index contributed by atoms with van der Waals surface area (Å²) < 4.78 is 50.0. The molecule has 1 nitrogen and oxygen atoms in total. The Bertz CT molecular complexity index is 1530. The van der Waals surface area contributed by atoms with Crippen LogP contribution in [0.4, 0.5) is 0 Å². The molecule has 2 heteroatoms. The minimum Gasteiger partial charge on any atom is -0.308 e. The van der Waals surface area contributed by atoms with Crippen LogP contribution in [0.25, 0.3) is 38.6 Å². The third-order valence-electron chi connectivity index (χ3n) is 5.03. The first-order chi connectivity index (χ1) is 16.0. The van der Waals surface area contributed by atoms with Crippen LogP contribution in [-0.2, 0) is 0 Å². The van der Waals surface area contributed by atoms with Crippen LogP contribution in [0.3, 0.4) is 0 Å². The first-order valence-electron chi connectivity index (χ1n) is 12.0. The van der Waals surface area contributed by atoms with E-state index in [2.05, 4.69) is 22.0 Å². The lowest BCUT2D eigenvalue weighted by Crippen LogP contribution is -1.95.